The molecular formula is C6H12O5. The number of carboxylic acids is 1. The molecule has 0 saturated heterocycles. The van der Waals surface area contributed by atoms with E-state index in [1.165, 1.54) is 6.92 Å². The van der Waals surface area contributed by atoms with Gasteiger partial charge < -0.3 is 20.4 Å². The van der Waals surface area contributed by atoms with Gasteiger partial charge in [-0.3, -0.25) is 0 Å². The van der Waals surface area contributed by atoms with E-state index in [0.29, 0.717) is 0 Å². The Hall–Kier alpha value is -0.650. The van der Waals surface area contributed by atoms with Crippen LogP contribution in [0.2, 0.25) is 0 Å². The van der Waals surface area contributed by atoms with Gasteiger partial charge in [0.1, 0.15) is 6.10 Å². The lowest BCUT2D eigenvalue weighted by Crippen LogP contribution is -2.51. The van der Waals surface area contributed by atoms with Crippen molar-refractivity contribution in [1.29, 1.82) is 0 Å². The minimum atomic E-state index is -2.30. The van der Waals surface area contributed by atoms with E-state index in [-0.39, 0.29) is 0 Å². The van der Waals surface area contributed by atoms with Crippen molar-refractivity contribution in [2.24, 2.45) is 0 Å². The van der Waals surface area contributed by atoms with E-state index >= 15 is 0 Å². The van der Waals surface area contributed by atoms with Crippen LogP contribution in [0.1, 0.15) is 13.8 Å². The Balaban J connectivity index is 4.42. The number of hydrogen-bond donors (Lipinski definition) is 4. The summed E-state index contributed by atoms with van der Waals surface area (Å²) in [6, 6.07) is 0. The van der Waals surface area contributed by atoms with Gasteiger partial charge in [0, 0.05) is 0 Å². The first-order valence-electron chi connectivity index (χ1n) is 3.12. The fourth-order valence-corrected chi connectivity index (χ4v) is 0.596. The lowest BCUT2D eigenvalue weighted by atomic mass is 9.96. The molecule has 0 heterocycles. The zero-order chi connectivity index (χ0) is 9.23. The predicted octanol–water partition coefficient (Wildman–Crippen LogP) is -1.44. The third kappa shape index (κ3) is 2.14. The van der Waals surface area contributed by atoms with Gasteiger partial charge in [-0.05, 0) is 13.8 Å². The van der Waals surface area contributed by atoms with Crippen LogP contribution in [0.25, 0.3) is 0 Å². The molecule has 5 heteroatoms. The SMILES string of the molecule is CC(O)C(O)C(C)(O)C(=O)O. The summed E-state index contributed by atoms with van der Waals surface area (Å²) in [6.07, 6.45) is -2.96. The summed E-state index contributed by atoms with van der Waals surface area (Å²) >= 11 is 0. The summed E-state index contributed by atoms with van der Waals surface area (Å²) < 4.78 is 0. The van der Waals surface area contributed by atoms with Crippen LogP contribution in [-0.4, -0.2) is 44.2 Å². The van der Waals surface area contributed by atoms with Gasteiger partial charge in [0.05, 0.1) is 6.10 Å². The third-order valence-electron chi connectivity index (χ3n) is 1.47. The minimum Gasteiger partial charge on any atom is -0.479 e. The second kappa shape index (κ2) is 3.17. The molecule has 4 N–H and O–H groups in total. The fourth-order valence-electron chi connectivity index (χ4n) is 0.596. The Bertz CT molecular complexity index is 151. The van der Waals surface area contributed by atoms with Crippen molar-refractivity contribution in [3.63, 3.8) is 0 Å². The van der Waals surface area contributed by atoms with Gasteiger partial charge in [-0.15, -0.1) is 0 Å². The van der Waals surface area contributed by atoms with Crippen LogP contribution in [-0.2, 0) is 4.79 Å². The molecule has 0 amide bonds. The van der Waals surface area contributed by atoms with Gasteiger partial charge in [0.25, 0.3) is 0 Å². The highest BCUT2D eigenvalue weighted by atomic mass is 16.4. The number of aliphatic hydroxyl groups is 3. The first kappa shape index (κ1) is 10.3. The largest absolute Gasteiger partial charge is 0.479 e. The normalized spacial score (nSPS) is 21.9. The standard InChI is InChI=1S/C6H12O5/c1-3(7)4(8)6(2,11)5(9)10/h3-4,7-8,11H,1-2H3,(H,9,10). The molecule has 0 saturated carbocycles. The van der Waals surface area contributed by atoms with Gasteiger partial charge in [-0.25, -0.2) is 4.79 Å². The summed E-state index contributed by atoms with van der Waals surface area (Å²) in [5.74, 6) is -1.56. The summed E-state index contributed by atoms with van der Waals surface area (Å²) in [7, 11) is 0. The van der Waals surface area contributed by atoms with E-state index in [1.807, 2.05) is 0 Å². The van der Waals surface area contributed by atoms with Gasteiger partial charge >= 0.3 is 5.97 Å². The van der Waals surface area contributed by atoms with Crippen molar-refractivity contribution in [1.82, 2.24) is 0 Å². The van der Waals surface area contributed by atoms with Crippen molar-refractivity contribution in [3.05, 3.63) is 0 Å². The summed E-state index contributed by atoms with van der Waals surface area (Å²) in [4.78, 5) is 10.2. The Morgan fingerprint density at radius 2 is 1.82 bits per heavy atom. The number of rotatable bonds is 3. The van der Waals surface area contributed by atoms with E-state index in [1.54, 1.807) is 0 Å². The average Bonchev–Trinajstić information content (AvgIpc) is 1.85. The molecule has 0 rings (SSSR count). The third-order valence-corrected chi connectivity index (χ3v) is 1.47. The van der Waals surface area contributed by atoms with Gasteiger partial charge in [0.15, 0.2) is 5.60 Å². The van der Waals surface area contributed by atoms with Crippen LogP contribution in [0.3, 0.4) is 0 Å². The van der Waals surface area contributed by atoms with Crippen LogP contribution in [0, 0.1) is 0 Å². The molecule has 5 nitrogen and oxygen atoms in total. The van der Waals surface area contributed by atoms with E-state index in [9.17, 15) is 4.79 Å². The maximum atomic E-state index is 10.2. The molecular weight excluding hydrogens is 152 g/mol. The highest BCUT2D eigenvalue weighted by Gasteiger charge is 2.40. The number of carboxylic acid groups (broad SMARTS) is 1. The van der Waals surface area contributed by atoms with Crippen molar-refractivity contribution < 1.29 is 25.2 Å². The maximum absolute atomic E-state index is 10.2. The molecule has 0 bridgehead atoms. The quantitative estimate of drug-likeness (QED) is 0.409. The second-order valence-electron chi connectivity index (χ2n) is 2.64. The van der Waals surface area contributed by atoms with E-state index in [0.717, 1.165) is 6.92 Å². The van der Waals surface area contributed by atoms with Crippen LogP contribution in [0.15, 0.2) is 0 Å². The molecule has 0 aromatic rings. The summed E-state index contributed by atoms with van der Waals surface area (Å²) in [5.41, 5.74) is -2.30. The second-order valence-corrected chi connectivity index (χ2v) is 2.64. The Kier molecular flexibility index (Phi) is 2.98. The topological polar surface area (TPSA) is 98.0 Å². The highest BCUT2D eigenvalue weighted by Crippen LogP contribution is 2.12. The average molecular weight is 164 g/mol. The van der Waals surface area contributed by atoms with Crippen molar-refractivity contribution in [2.45, 2.75) is 31.7 Å². The predicted molar refractivity (Wildman–Crippen MR) is 35.9 cm³/mol. The molecule has 0 aliphatic carbocycles. The molecule has 0 radical (unpaired) electrons. The number of aliphatic carboxylic acids is 1. The van der Waals surface area contributed by atoms with Crippen LogP contribution in [0.5, 0.6) is 0 Å². The van der Waals surface area contributed by atoms with Crippen molar-refractivity contribution >= 4 is 5.97 Å². The molecule has 0 spiro atoms. The number of carbonyl (C=O) groups is 1. The zero-order valence-corrected chi connectivity index (χ0v) is 6.35. The van der Waals surface area contributed by atoms with Crippen LogP contribution >= 0.6 is 0 Å². The molecule has 66 valence electrons. The zero-order valence-electron chi connectivity index (χ0n) is 6.35. The number of hydrogen-bond acceptors (Lipinski definition) is 4. The fraction of sp³-hybridized carbons (Fsp3) is 0.833. The molecule has 0 aliphatic rings. The first-order valence-corrected chi connectivity index (χ1v) is 3.12. The highest BCUT2D eigenvalue weighted by molar-refractivity contribution is 5.77. The first-order chi connectivity index (χ1) is 4.80. The summed E-state index contributed by atoms with van der Waals surface area (Å²) in [6.45, 7) is 2.12. The molecule has 3 atom stereocenters. The molecule has 0 aromatic carbocycles. The van der Waals surface area contributed by atoms with E-state index < -0.39 is 23.8 Å². The summed E-state index contributed by atoms with van der Waals surface area (Å²) in [5, 5.41) is 35.0. The van der Waals surface area contributed by atoms with Crippen LogP contribution < -0.4 is 0 Å². The van der Waals surface area contributed by atoms with Crippen molar-refractivity contribution in [2.75, 3.05) is 0 Å². The maximum Gasteiger partial charge on any atom is 0.338 e. The smallest absolute Gasteiger partial charge is 0.338 e. The van der Waals surface area contributed by atoms with Crippen molar-refractivity contribution in [3.8, 4) is 0 Å². The molecule has 0 aliphatic heterocycles. The lowest BCUT2D eigenvalue weighted by molar-refractivity contribution is -0.176. The van der Waals surface area contributed by atoms with E-state index in [2.05, 4.69) is 0 Å². The molecule has 0 fully saturated rings. The monoisotopic (exact) mass is 164 g/mol. The Labute approximate surface area is 63.9 Å². The molecule has 0 aromatic heterocycles. The lowest BCUT2D eigenvalue weighted by Gasteiger charge is -2.26. The Morgan fingerprint density at radius 1 is 1.45 bits per heavy atom. The van der Waals surface area contributed by atoms with Gasteiger partial charge in [-0.2, -0.15) is 0 Å². The van der Waals surface area contributed by atoms with Gasteiger partial charge in [0.2, 0.25) is 0 Å². The molecule has 11 heavy (non-hydrogen) atoms. The number of aliphatic hydroxyl groups excluding tert-OH is 2. The molecule has 3 unspecified atom stereocenters. The Morgan fingerprint density at radius 3 is 1.91 bits per heavy atom. The van der Waals surface area contributed by atoms with Gasteiger partial charge in [-0.1, -0.05) is 0 Å². The van der Waals surface area contributed by atoms with E-state index in [4.69, 9.17) is 20.4 Å². The van der Waals surface area contributed by atoms with Crippen LogP contribution in [0.4, 0.5) is 0 Å². The minimum absolute atomic E-state index is 0.923.